The summed E-state index contributed by atoms with van der Waals surface area (Å²) in [5, 5.41) is 7.40. The molecule has 0 saturated carbocycles. The Hall–Kier alpha value is -2.41. The molecule has 1 aliphatic rings. The highest BCUT2D eigenvalue weighted by molar-refractivity contribution is 6.30. The Balaban J connectivity index is 1.77. The summed E-state index contributed by atoms with van der Waals surface area (Å²) >= 11 is 5.88. The number of hydrogen-bond donors (Lipinski definition) is 1. The van der Waals surface area contributed by atoms with E-state index in [1.807, 2.05) is 13.8 Å². The number of hydrogen-bond acceptors (Lipinski definition) is 5. The van der Waals surface area contributed by atoms with E-state index in [2.05, 4.69) is 15.5 Å². The van der Waals surface area contributed by atoms with Gasteiger partial charge in [-0.1, -0.05) is 43.4 Å². The molecule has 0 spiro atoms. The molecule has 0 bridgehead atoms. The topological polar surface area (TPSA) is 88.3 Å². The number of aromatic nitrogens is 2. The number of halogens is 1. The zero-order chi connectivity index (χ0) is 18.7. The van der Waals surface area contributed by atoms with E-state index in [0.29, 0.717) is 23.7 Å². The SMILES string of the molecule is CCCC1(CCC)NC(=O)N(Cc2nc(-c3ccc(Cl)cc3)no2)C1=O. The van der Waals surface area contributed by atoms with Gasteiger partial charge < -0.3 is 9.84 Å². The fourth-order valence-corrected chi connectivity index (χ4v) is 3.43. The molecule has 2 aromatic rings. The highest BCUT2D eigenvalue weighted by Gasteiger charge is 2.50. The van der Waals surface area contributed by atoms with Crippen molar-refractivity contribution >= 4 is 23.5 Å². The maximum atomic E-state index is 12.9. The van der Waals surface area contributed by atoms with E-state index in [1.165, 1.54) is 0 Å². The summed E-state index contributed by atoms with van der Waals surface area (Å²) in [6, 6.07) is 6.60. The molecule has 0 radical (unpaired) electrons. The van der Waals surface area contributed by atoms with Crippen LogP contribution in [0.5, 0.6) is 0 Å². The first-order chi connectivity index (χ1) is 12.5. The maximum absolute atomic E-state index is 12.9. The summed E-state index contributed by atoms with van der Waals surface area (Å²) in [5.74, 6) is 0.372. The van der Waals surface area contributed by atoms with Crippen molar-refractivity contribution in [2.45, 2.75) is 51.6 Å². The Kier molecular flexibility index (Phi) is 5.27. The minimum absolute atomic E-state index is 0.0412. The molecule has 1 saturated heterocycles. The largest absolute Gasteiger partial charge is 0.337 e. The van der Waals surface area contributed by atoms with E-state index in [-0.39, 0.29) is 18.3 Å². The van der Waals surface area contributed by atoms with Gasteiger partial charge in [0.15, 0.2) is 0 Å². The van der Waals surface area contributed by atoms with E-state index in [1.54, 1.807) is 24.3 Å². The number of amides is 3. The molecule has 0 atom stereocenters. The van der Waals surface area contributed by atoms with Crippen LogP contribution in [0.15, 0.2) is 28.8 Å². The van der Waals surface area contributed by atoms with Crippen LogP contribution in [0.2, 0.25) is 5.02 Å². The number of rotatable bonds is 7. The lowest BCUT2D eigenvalue weighted by molar-refractivity contribution is -0.132. The number of imide groups is 1. The quantitative estimate of drug-likeness (QED) is 0.743. The van der Waals surface area contributed by atoms with Gasteiger partial charge in [0.05, 0.1) is 0 Å². The fraction of sp³-hybridized carbons (Fsp3) is 0.444. The number of carbonyl (C=O) groups is 2. The van der Waals surface area contributed by atoms with Crippen molar-refractivity contribution in [1.82, 2.24) is 20.4 Å². The van der Waals surface area contributed by atoms with E-state index in [4.69, 9.17) is 16.1 Å². The van der Waals surface area contributed by atoms with Crippen molar-refractivity contribution in [1.29, 1.82) is 0 Å². The minimum Gasteiger partial charge on any atom is -0.337 e. The number of urea groups is 1. The lowest BCUT2D eigenvalue weighted by Gasteiger charge is -2.25. The molecule has 3 rings (SSSR count). The molecule has 1 N–H and O–H groups in total. The van der Waals surface area contributed by atoms with E-state index in [0.717, 1.165) is 23.3 Å². The van der Waals surface area contributed by atoms with Crippen LogP contribution in [0.3, 0.4) is 0 Å². The second-order valence-electron chi connectivity index (χ2n) is 6.42. The molecule has 3 amide bonds. The molecule has 1 aromatic carbocycles. The first-order valence-corrected chi connectivity index (χ1v) is 9.09. The maximum Gasteiger partial charge on any atom is 0.325 e. The summed E-state index contributed by atoms with van der Waals surface area (Å²) in [7, 11) is 0. The molecule has 0 aliphatic carbocycles. The van der Waals surface area contributed by atoms with Crippen LogP contribution in [-0.4, -0.2) is 32.5 Å². The number of nitrogens with one attached hydrogen (secondary N) is 1. The Morgan fingerprint density at radius 1 is 1.15 bits per heavy atom. The summed E-state index contributed by atoms with van der Waals surface area (Å²) in [4.78, 5) is 30.7. The molecule has 8 heteroatoms. The minimum atomic E-state index is -0.820. The van der Waals surface area contributed by atoms with Crippen molar-refractivity contribution in [2.75, 3.05) is 0 Å². The molecule has 138 valence electrons. The van der Waals surface area contributed by atoms with Gasteiger partial charge >= 0.3 is 6.03 Å². The Labute approximate surface area is 156 Å². The highest BCUT2D eigenvalue weighted by Crippen LogP contribution is 2.29. The van der Waals surface area contributed by atoms with Crippen molar-refractivity contribution in [3.63, 3.8) is 0 Å². The molecule has 1 fully saturated rings. The molecular weight excluding hydrogens is 356 g/mol. The third-order valence-corrected chi connectivity index (χ3v) is 4.72. The zero-order valence-electron chi connectivity index (χ0n) is 14.8. The lowest BCUT2D eigenvalue weighted by atomic mass is 9.88. The van der Waals surface area contributed by atoms with Gasteiger partial charge in [0.25, 0.3) is 5.91 Å². The van der Waals surface area contributed by atoms with Gasteiger partial charge in [-0.2, -0.15) is 4.98 Å². The first-order valence-electron chi connectivity index (χ1n) is 8.71. The molecule has 26 heavy (non-hydrogen) atoms. The lowest BCUT2D eigenvalue weighted by Crippen LogP contribution is -2.46. The Morgan fingerprint density at radius 2 is 1.81 bits per heavy atom. The number of carbonyl (C=O) groups excluding carboxylic acids is 2. The van der Waals surface area contributed by atoms with Crippen LogP contribution >= 0.6 is 11.6 Å². The zero-order valence-corrected chi connectivity index (χ0v) is 15.5. The van der Waals surface area contributed by atoms with Crippen molar-refractivity contribution in [2.24, 2.45) is 0 Å². The van der Waals surface area contributed by atoms with Gasteiger partial charge in [-0.05, 0) is 37.1 Å². The van der Waals surface area contributed by atoms with E-state index < -0.39 is 11.6 Å². The van der Waals surface area contributed by atoms with Gasteiger partial charge in [0.2, 0.25) is 11.7 Å². The van der Waals surface area contributed by atoms with Crippen LogP contribution in [0.4, 0.5) is 4.79 Å². The normalized spacial score (nSPS) is 16.2. The number of nitrogens with zero attached hydrogens (tertiary/aromatic N) is 3. The Bertz CT molecular complexity index is 797. The molecule has 7 nitrogen and oxygen atoms in total. The summed E-state index contributed by atoms with van der Waals surface area (Å²) in [6.45, 7) is 3.95. The molecule has 2 heterocycles. The monoisotopic (exact) mass is 376 g/mol. The van der Waals surface area contributed by atoms with Gasteiger partial charge in [0.1, 0.15) is 12.1 Å². The average Bonchev–Trinajstić information content (AvgIpc) is 3.16. The fourth-order valence-electron chi connectivity index (χ4n) is 3.31. The first kappa shape index (κ1) is 18.4. The van der Waals surface area contributed by atoms with Crippen LogP contribution < -0.4 is 5.32 Å². The van der Waals surface area contributed by atoms with Crippen molar-refractivity contribution < 1.29 is 14.1 Å². The predicted molar refractivity (Wildman–Crippen MR) is 96.4 cm³/mol. The van der Waals surface area contributed by atoms with Crippen LogP contribution in [0, 0.1) is 0 Å². The van der Waals surface area contributed by atoms with Gasteiger partial charge in [-0.25, -0.2) is 4.79 Å². The molecule has 1 aliphatic heterocycles. The smallest absolute Gasteiger partial charge is 0.325 e. The van der Waals surface area contributed by atoms with Gasteiger partial charge in [-0.3, -0.25) is 9.69 Å². The van der Waals surface area contributed by atoms with Crippen molar-refractivity contribution in [3.05, 3.63) is 35.2 Å². The van der Waals surface area contributed by atoms with E-state index in [9.17, 15) is 9.59 Å². The third-order valence-electron chi connectivity index (χ3n) is 4.46. The second-order valence-corrected chi connectivity index (χ2v) is 6.86. The number of benzene rings is 1. The van der Waals surface area contributed by atoms with Crippen LogP contribution in [0.1, 0.15) is 45.4 Å². The third kappa shape index (κ3) is 3.44. The standard InChI is InChI=1S/C18H21ClN4O3/c1-3-9-18(10-4-2)16(24)23(17(25)21-18)11-14-20-15(22-26-14)12-5-7-13(19)8-6-12/h5-8H,3-4,9-11H2,1-2H3,(H,21,25). The van der Waals surface area contributed by atoms with E-state index >= 15 is 0 Å². The molecule has 0 unspecified atom stereocenters. The summed E-state index contributed by atoms with van der Waals surface area (Å²) in [5.41, 5.74) is -0.0764. The Morgan fingerprint density at radius 3 is 2.42 bits per heavy atom. The van der Waals surface area contributed by atoms with Gasteiger partial charge in [0, 0.05) is 10.6 Å². The summed E-state index contributed by atoms with van der Waals surface area (Å²) < 4.78 is 5.23. The van der Waals surface area contributed by atoms with Gasteiger partial charge in [-0.15, -0.1) is 0 Å². The molecule has 1 aromatic heterocycles. The molecular formula is C18H21ClN4O3. The predicted octanol–water partition coefficient (Wildman–Crippen LogP) is 3.78. The highest BCUT2D eigenvalue weighted by atomic mass is 35.5. The second kappa shape index (κ2) is 7.45. The van der Waals surface area contributed by atoms with Crippen molar-refractivity contribution in [3.8, 4) is 11.4 Å². The average molecular weight is 377 g/mol. The van der Waals surface area contributed by atoms with Crippen LogP contribution in [-0.2, 0) is 11.3 Å². The van der Waals surface area contributed by atoms with Crippen LogP contribution in [0.25, 0.3) is 11.4 Å². The summed E-state index contributed by atoms with van der Waals surface area (Å²) in [6.07, 6.45) is 2.84.